The zero-order chi connectivity index (χ0) is 19.4. The van der Waals surface area contributed by atoms with Gasteiger partial charge in [-0.25, -0.2) is 9.59 Å². The van der Waals surface area contributed by atoms with Crippen LogP contribution in [0.25, 0.3) is 0 Å². The minimum absolute atomic E-state index is 0.146. The molecule has 27 heavy (non-hydrogen) atoms. The Hall–Kier alpha value is -3.02. The van der Waals surface area contributed by atoms with E-state index >= 15 is 0 Å². The highest BCUT2D eigenvalue weighted by atomic mass is 16.6. The van der Waals surface area contributed by atoms with Crippen molar-refractivity contribution in [2.75, 3.05) is 12.4 Å². The number of esters is 2. The van der Waals surface area contributed by atoms with E-state index in [1.165, 1.54) is 0 Å². The van der Waals surface area contributed by atoms with E-state index in [9.17, 15) is 9.59 Å². The van der Waals surface area contributed by atoms with Crippen LogP contribution in [0.2, 0.25) is 0 Å². The second-order valence-electron chi connectivity index (χ2n) is 6.72. The number of ether oxygens (including phenoxy) is 3. The SMILES string of the molecule is COc1ccc(N[C@@]2(C(=O)OC(C)C)C[C@H](c3ccccc3)OC2=O)cc1. The Morgan fingerprint density at radius 1 is 1.15 bits per heavy atom. The smallest absolute Gasteiger partial charge is 0.344 e. The molecule has 3 rings (SSSR count). The van der Waals surface area contributed by atoms with Gasteiger partial charge in [-0.3, -0.25) is 0 Å². The fraction of sp³-hybridized carbons (Fsp3) is 0.333. The van der Waals surface area contributed by atoms with Crippen molar-refractivity contribution in [2.24, 2.45) is 0 Å². The number of carbonyl (C=O) groups excluding carboxylic acids is 2. The molecule has 6 nitrogen and oxygen atoms in total. The Morgan fingerprint density at radius 2 is 1.81 bits per heavy atom. The minimum Gasteiger partial charge on any atom is -0.497 e. The summed E-state index contributed by atoms with van der Waals surface area (Å²) in [6, 6.07) is 16.3. The van der Waals surface area contributed by atoms with E-state index in [2.05, 4.69) is 5.32 Å². The van der Waals surface area contributed by atoms with E-state index in [1.807, 2.05) is 30.3 Å². The van der Waals surface area contributed by atoms with Gasteiger partial charge in [0.05, 0.1) is 13.2 Å². The maximum Gasteiger partial charge on any atom is 0.344 e. The molecule has 0 spiro atoms. The van der Waals surface area contributed by atoms with Crippen molar-refractivity contribution >= 4 is 17.6 Å². The van der Waals surface area contributed by atoms with Gasteiger partial charge in [-0.1, -0.05) is 30.3 Å². The van der Waals surface area contributed by atoms with Crippen LogP contribution < -0.4 is 10.1 Å². The number of benzene rings is 2. The van der Waals surface area contributed by atoms with Crippen LogP contribution >= 0.6 is 0 Å². The lowest BCUT2D eigenvalue weighted by molar-refractivity contribution is -0.159. The quantitative estimate of drug-likeness (QED) is 0.621. The molecule has 1 aliphatic rings. The highest BCUT2D eigenvalue weighted by Crippen LogP contribution is 2.39. The summed E-state index contributed by atoms with van der Waals surface area (Å²) >= 11 is 0. The van der Waals surface area contributed by atoms with Crippen molar-refractivity contribution in [2.45, 2.75) is 38.0 Å². The molecule has 2 aromatic carbocycles. The maximum atomic E-state index is 12.9. The van der Waals surface area contributed by atoms with Crippen LogP contribution in [0, 0.1) is 0 Å². The molecule has 0 unspecified atom stereocenters. The first-order valence-electron chi connectivity index (χ1n) is 8.84. The first kappa shape index (κ1) is 18.8. The average molecular weight is 369 g/mol. The van der Waals surface area contributed by atoms with Gasteiger partial charge in [0.25, 0.3) is 0 Å². The van der Waals surface area contributed by atoms with Gasteiger partial charge in [0.2, 0.25) is 5.54 Å². The molecular formula is C21H23NO5. The summed E-state index contributed by atoms with van der Waals surface area (Å²) in [5.41, 5.74) is -0.164. The zero-order valence-electron chi connectivity index (χ0n) is 15.6. The first-order chi connectivity index (χ1) is 12.9. The summed E-state index contributed by atoms with van der Waals surface area (Å²) in [6.45, 7) is 3.49. The number of hydrogen-bond acceptors (Lipinski definition) is 6. The molecule has 1 fully saturated rings. The minimum atomic E-state index is -1.60. The summed E-state index contributed by atoms with van der Waals surface area (Å²) in [7, 11) is 1.57. The summed E-state index contributed by atoms with van der Waals surface area (Å²) < 4.78 is 16.1. The largest absolute Gasteiger partial charge is 0.497 e. The van der Waals surface area contributed by atoms with Gasteiger partial charge >= 0.3 is 11.9 Å². The summed E-state index contributed by atoms with van der Waals surface area (Å²) in [5.74, 6) is -0.606. The average Bonchev–Trinajstić information content (AvgIpc) is 3.00. The van der Waals surface area contributed by atoms with Crippen molar-refractivity contribution in [1.82, 2.24) is 0 Å². The Morgan fingerprint density at radius 3 is 2.41 bits per heavy atom. The predicted molar refractivity (Wildman–Crippen MR) is 100 cm³/mol. The Kier molecular flexibility index (Phi) is 5.35. The van der Waals surface area contributed by atoms with E-state index in [1.54, 1.807) is 45.2 Å². The van der Waals surface area contributed by atoms with Gasteiger partial charge in [0, 0.05) is 12.1 Å². The second-order valence-corrected chi connectivity index (χ2v) is 6.72. The van der Waals surface area contributed by atoms with Crippen LogP contribution in [-0.4, -0.2) is 30.7 Å². The molecule has 2 atom stereocenters. The van der Waals surface area contributed by atoms with Gasteiger partial charge in [-0.15, -0.1) is 0 Å². The molecule has 1 saturated heterocycles. The van der Waals surface area contributed by atoms with Gasteiger partial charge < -0.3 is 19.5 Å². The van der Waals surface area contributed by atoms with E-state index in [-0.39, 0.29) is 12.5 Å². The number of nitrogens with one attached hydrogen (secondary N) is 1. The molecule has 1 heterocycles. The van der Waals surface area contributed by atoms with Crippen molar-refractivity contribution in [1.29, 1.82) is 0 Å². The van der Waals surface area contributed by atoms with E-state index in [0.29, 0.717) is 11.4 Å². The third-order valence-electron chi connectivity index (χ3n) is 4.40. The van der Waals surface area contributed by atoms with Gasteiger partial charge in [0.15, 0.2) is 0 Å². The molecule has 0 amide bonds. The molecule has 0 saturated carbocycles. The summed E-state index contributed by atoms with van der Waals surface area (Å²) in [5, 5.41) is 3.06. The zero-order valence-corrected chi connectivity index (χ0v) is 15.6. The van der Waals surface area contributed by atoms with Crippen molar-refractivity contribution in [3.8, 4) is 5.75 Å². The van der Waals surface area contributed by atoms with Crippen LogP contribution in [0.3, 0.4) is 0 Å². The Bertz CT molecular complexity index is 803. The van der Waals surface area contributed by atoms with Crippen LogP contribution in [-0.2, 0) is 19.1 Å². The van der Waals surface area contributed by atoms with Crippen LogP contribution in [0.1, 0.15) is 31.9 Å². The molecule has 6 heteroatoms. The normalized spacial score (nSPS) is 21.6. The van der Waals surface area contributed by atoms with Crippen LogP contribution in [0.4, 0.5) is 5.69 Å². The summed E-state index contributed by atoms with van der Waals surface area (Å²) in [6.07, 6.45) is -0.729. The molecule has 0 aromatic heterocycles. The number of cyclic esters (lactones) is 1. The topological polar surface area (TPSA) is 73.9 Å². The predicted octanol–water partition coefficient (Wildman–Crippen LogP) is 3.49. The molecule has 142 valence electrons. The number of carbonyl (C=O) groups is 2. The monoisotopic (exact) mass is 369 g/mol. The van der Waals surface area contributed by atoms with Crippen molar-refractivity contribution < 1.29 is 23.8 Å². The summed E-state index contributed by atoms with van der Waals surface area (Å²) in [4.78, 5) is 25.7. The Balaban J connectivity index is 1.92. The van der Waals surface area contributed by atoms with Crippen molar-refractivity contribution in [3.63, 3.8) is 0 Å². The van der Waals surface area contributed by atoms with E-state index in [4.69, 9.17) is 14.2 Å². The lowest BCUT2D eigenvalue weighted by Crippen LogP contribution is -2.52. The third-order valence-corrected chi connectivity index (χ3v) is 4.40. The lowest BCUT2D eigenvalue weighted by atomic mass is 9.92. The lowest BCUT2D eigenvalue weighted by Gasteiger charge is -2.26. The highest BCUT2D eigenvalue weighted by molar-refractivity contribution is 6.09. The molecule has 2 aromatic rings. The van der Waals surface area contributed by atoms with E-state index < -0.39 is 23.6 Å². The Labute approximate surface area is 158 Å². The second kappa shape index (κ2) is 7.70. The first-order valence-corrected chi connectivity index (χ1v) is 8.84. The molecule has 0 aliphatic carbocycles. The van der Waals surface area contributed by atoms with Crippen LogP contribution in [0.15, 0.2) is 54.6 Å². The fourth-order valence-corrected chi connectivity index (χ4v) is 3.04. The number of rotatable bonds is 6. The highest BCUT2D eigenvalue weighted by Gasteiger charge is 2.57. The third kappa shape index (κ3) is 3.89. The molecule has 0 radical (unpaired) electrons. The number of methoxy groups -OCH3 is 1. The number of hydrogen-bond donors (Lipinski definition) is 1. The van der Waals surface area contributed by atoms with E-state index in [0.717, 1.165) is 5.56 Å². The van der Waals surface area contributed by atoms with Crippen molar-refractivity contribution in [3.05, 3.63) is 60.2 Å². The fourth-order valence-electron chi connectivity index (χ4n) is 3.04. The van der Waals surface area contributed by atoms with Gasteiger partial charge in [-0.05, 0) is 43.7 Å². The molecule has 0 bridgehead atoms. The van der Waals surface area contributed by atoms with Crippen LogP contribution in [0.5, 0.6) is 5.75 Å². The molecule has 1 N–H and O–H groups in total. The van der Waals surface area contributed by atoms with Gasteiger partial charge in [-0.2, -0.15) is 0 Å². The maximum absolute atomic E-state index is 12.9. The molecular weight excluding hydrogens is 346 g/mol. The number of anilines is 1. The van der Waals surface area contributed by atoms with Gasteiger partial charge in [0.1, 0.15) is 11.9 Å². The standard InChI is InChI=1S/C21H23NO5/c1-14(2)26-19(23)21(22-16-9-11-17(25-3)12-10-16)13-18(27-20(21)24)15-7-5-4-6-8-15/h4-12,14,18,22H,13H2,1-3H3/t18-,21-/m1/s1. The molecule has 1 aliphatic heterocycles.